The first-order valence-corrected chi connectivity index (χ1v) is 6.48. The molecule has 0 aliphatic heterocycles. The summed E-state index contributed by atoms with van der Waals surface area (Å²) in [6, 6.07) is 0. The van der Waals surface area contributed by atoms with Crippen LogP contribution in [0, 0.1) is 11.8 Å². The maximum atomic E-state index is 11.6. The third kappa shape index (κ3) is 4.09. The number of hydrogen-bond donors (Lipinski definition) is 0. The van der Waals surface area contributed by atoms with E-state index >= 15 is 0 Å². The Hall–Kier alpha value is -0.580. The lowest BCUT2D eigenvalue weighted by atomic mass is 9.98. The third-order valence-corrected chi connectivity index (χ3v) is 3.23. The average molecular weight is 221 g/mol. The molecule has 0 aliphatic carbocycles. The maximum absolute atomic E-state index is 11.6. The molecule has 0 saturated carbocycles. The van der Waals surface area contributed by atoms with Gasteiger partial charge in [-0.15, -0.1) is 0 Å². The largest absolute Gasteiger partial charge is 0.274 e. The fraction of sp³-hybridized carbons (Fsp3) is 0.889. The lowest BCUT2D eigenvalue weighted by Crippen LogP contribution is -2.36. The van der Waals surface area contributed by atoms with E-state index in [2.05, 4.69) is 0 Å². The van der Waals surface area contributed by atoms with Gasteiger partial charge in [0.2, 0.25) is 15.9 Å². The van der Waals surface area contributed by atoms with Crippen molar-refractivity contribution >= 4 is 15.9 Å². The van der Waals surface area contributed by atoms with Gasteiger partial charge in [0.25, 0.3) is 0 Å². The molecule has 0 bridgehead atoms. The van der Waals surface area contributed by atoms with E-state index in [9.17, 15) is 13.2 Å². The molecule has 0 fully saturated rings. The summed E-state index contributed by atoms with van der Waals surface area (Å²) in [7, 11) is -2.10. The fourth-order valence-electron chi connectivity index (χ4n) is 1.28. The van der Waals surface area contributed by atoms with Gasteiger partial charge in [-0.25, -0.2) is 12.7 Å². The van der Waals surface area contributed by atoms with E-state index in [1.54, 1.807) is 6.92 Å². The average Bonchev–Trinajstić information content (AvgIpc) is 1.98. The molecule has 0 aromatic heterocycles. The third-order valence-electron chi connectivity index (χ3n) is 2.05. The molecule has 4 nitrogen and oxygen atoms in total. The summed E-state index contributed by atoms with van der Waals surface area (Å²) in [5.41, 5.74) is 0. The molecule has 0 heterocycles. The Morgan fingerprint density at radius 3 is 2.00 bits per heavy atom. The van der Waals surface area contributed by atoms with Gasteiger partial charge in [0.05, 0.1) is 6.26 Å². The summed E-state index contributed by atoms with van der Waals surface area (Å²) < 4.78 is 23.0. The molecule has 0 aromatic rings. The second-order valence-corrected chi connectivity index (χ2v) is 6.11. The van der Waals surface area contributed by atoms with Crippen molar-refractivity contribution in [2.24, 2.45) is 11.8 Å². The van der Waals surface area contributed by atoms with Crippen LogP contribution in [0.1, 0.15) is 27.2 Å². The van der Waals surface area contributed by atoms with Crippen molar-refractivity contribution < 1.29 is 13.2 Å². The lowest BCUT2D eigenvalue weighted by Gasteiger charge is -2.20. The minimum absolute atomic E-state index is 0.241. The van der Waals surface area contributed by atoms with Gasteiger partial charge in [-0.05, 0) is 12.3 Å². The molecule has 14 heavy (non-hydrogen) atoms. The fourth-order valence-corrected chi connectivity index (χ4v) is 1.79. The SMILES string of the molecule is CC(C)C[C@@H](C)C(=O)N(C)S(C)(=O)=O. The minimum Gasteiger partial charge on any atom is -0.274 e. The molecule has 0 spiro atoms. The van der Waals surface area contributed by atoms with Gasteiger partial charge in [0, 0.05) is 13.0 Å². The van der Waals surface area contributed by atoms with E-state index in [1.807, 2.05) is 13.8 Å². The van der Waals surface area contributed by atoms with Crippen LogP contribution in [0.3, 0.4) is 0 Å². The maximum Gasteiger partial charge on any atom is 0.238 e. The van der Waals surface area contributed by atoms with Gasteiger partial charge < -0.3 is 0 Å². The Labute approximate surface area is 86.3 Å². The number of sulfonamides is 1. The molecular weight excluding hydrogens is 202 g/mol. The van der Waals surface area contributed by atoms with Gasteiger partial charge in [0.1, 0.15) is 0 Å². The second-order valence-electron chi connectivity index (χ2n) is 4.10. The molecule has 0 radical (unpaired) electrons. The summed E-state index contributed by atoms with van der Waals surface area (Å²) in [6.45, 7) is 5.76. The summed E-state index contributed by atoms with van der Waals surface area (Å²) in [6.07, 6.45) is 1.74. The molecule has 5 heteroatoms. The monoisotopic (exact) mass is 221 g/mol. The van der Waals surface area contributed by atoms with Gasteiger partial charge in [0.15, 0.2) is 0 Å². The van der Waals surface area contributed by atoms with E-state index in [0.717, 1.165) is 10.6 Å². The molecular formula is C9H19NO3S. The zero-order valence-electron chi connectivity index (χ0n) is 9.44. The van der Waals surface area contributed by atoms with Crippen LogP contribution in [0.4, 0.5) is 0 Å². The molecule has 0 N–H and O–H groups in total. The zero-order chi connectivity index (χ0) is 11.5. The Morgan fingerprint density at radius 2 is 1.71 bits per heavy atom. The highest BCUT2D eigenvalue weighted by Crippen LogP contribution is 2.14. The van der Waals surface area contributed by atoms with Crippen molar-refractivity contribution in [3.05, 3.63) is 0 Å². The predicted molar refractivity (Wildman–Crippen MR) is 56.2 cm³/mol. The van der Waals surface area contributed by atoms with Crippen LogP contribution >= 0.6 is 0 Å². The summed E-state index contributed by atoms with van der Waals surface area (Å²) >= 11 is 0. The standard InChI is InChI=1S/C9H19NO3S/c1-7(2)6-8(3)9(11)10(4)14(5,12)13/h7-8H,6H2,1-5H3/t8-/m1/s1. The molecule has 0 unspecified atom stereocenters. The van der Waals surface area contributed by atoms with E-state index in [1.165, 1.54) is 7.05 Å². The lowest BCUT2D eigenvalue weighted by molar-refractivity contribution is -0.129. The highest BCUT2D eigenvalue weighted by atomic mass is 32.2. The summed E-state index contributed by atoms with van der Waals surface area (Å²) in [4.78, 5) is 11.6. The van der Waals surface area contributed by atoms with Crippen molar-refractivity contribution in [2.75, 3.05) is 13.3 Å². The van der Waals surface area contributed by atoms with E-state index < -0.39 is 10.0 Å². The topological polar surface area (TPSA) is 54.5 Å². The number of nitrogens with zero attached hydrogens (tertiary/aromatic N) is 1. The quantitative estimate of drug-likeness (QED) is 0.714. The molecule has 0 aromatic carbocycles. The number of rotatable bonds is 4. The molecule has 0 saturated heterocycles. The predicted octanol–water partition coefficient (Wildman–Crippen LogP) is 1.09. The first kappa shape index (κ1) is 13.4. The van der Waals surface area contributed by atoms with Crippen LogP contribution in [0.25, 0.3) is 0 Å². The number of carbonyl (C=O) groups excluding carboxylic acids is 1. The van der Waals surface area contributed by atoms with Crippen LogP contribution in [0.15, 0.2) is 0 Å². The van der Waals surface area contributed by atoms with Crippen molar-refractivity contribution in [3.63, 3.8) is 0 Å². The number of carbonyl (C=O) groups is 1. The minimum atomic E-state index is -3.40. The Morgan fingerprint density at radius 1 is 1.29 bits per heavy atom. The highest BCUT2D eigenvalue weighted by Gasteiger charge is 2.24. The second kappa shape index (κ2) is 4.77. The summed E-state index contributed by atoms with van der Waals surface area (Å²) in [5.74, 6) is -0.183. The molecule has 1 atom stereocenters. The van der Waals surface area contributed by atoms with Crippen molar-refractivity contribution in [3.8, 4) is 0 Å². The van der Waals surface area contributed by atoms with Crippen LogP contribution in [-0.4, -0.2) is 31.9 Å². The van der Waals surface area contributed by atoms with Gasteiger partial charge >= 0.3 is 0 Å². The van der Waals surface area contributed by atoms with E-state index in [0.29, 0.717) is 12.3 Å². The Kier molecular flexibility index (Phi) is 4.58. The molecule has 1 amide bonds. The van der Waals surface area contributed by atoms with Gasteiger partial charge in [-0.1, -0.05) is 20.8 Å². The number of amides is 1. The first-order valence-electron chi connectivity index (χ1n) is 4.64. The van der Waals surface area contributed by atoms with Crippen LogP contribution in [0.5, 0.6) is 0 Å². The van der Waals surface area contributed by atoms with Crippen LogP contribution in [0.2, 0.25) is 0 Å². The number of hydrogen-bond acceptors (Lipinski definition) is 3. The first-order chi connectivity index (χ1) is 6.16. The van der Waals surface area contributed by atoms with Gasteiger partial charge in [-0.2, -0.15) is 0 Å². The normalized spacial score (nSPS) is 14.1. The van der Waals surface area contributed by atoms with Crippen molar-refractivity contribution in [1.82, 2.24) is 4.31 Å². The van der Waals surface area contributed by atoms with E-state index in [-0.39, 0.29) is 11.8 Å². The zero-order valence-corrected chi connectivity index (χ0v) is 10.3. The smallest absolute Gasteiger partial charge is 0.238 e. The van der Waals surface area contributed by atoms with Crippen LogP contribution in [-0.2, 0) is 14.8 Å². The Bertz CT molecular complexity index is 295. The Balaban J connectivity index is 4.48. The van der Waals surface area contributed by atoms with Crippen molar-refractivity contribution in [2.45, 2.75) is 27.2 Å². The summed E-state index contributed by atoms with van der Waals surface area (Å²) in [5, 5.41) is 0. The van der Waals surface area contributed by atoms with Crippen molar-refractivity contribution in [1.29, 1.82) is 0 Å². The molecule has 84 valence electrons. The highest BCUT2D eigenvalue weighted by molar-refractivity contribution is 7.88. The van der Waals surface area contributed by atoms with E-state index in [4.69, 9.17) is 0 Å². The molecule has 0 aliphatic rings. The van der Waals surface area contributed by atoms with Gasteiger partial charge in [-0.3, -0.25) is 4.79 Å². The van der Waals surface area contributed by atoms with Crippen LogP contribution < -0.4 is 0 Å². The molecule has 0 rings (SSSR count).